The summed E-state index contributed by atoms with van der Waals surface area (Å²) in [5.41, 5.74) is 3.25. The molecule has 0 aliphatic carbocycles. The Hall–Kier alpha value is -2.99. The molecule has 3 aromatic rings. The van der Waals surface area contributed by atoms with Gasteiger partial charge in [0, 0.05) is 35.3 Å². The summed E-state index contributed by atoms with van der Waals surface area (Å²) in [6, 6.07) is 12.7. The van der Waals surface area contributed by atoms with Crippen molar-refractivity contribution in [2.75, 3.05) is 7.05 Å². The lowest BCUT2D eigenvalue weighted by Crippen LogP contribution is -2.19. The second-order valence-electron chi connectivity index (χ2n) is 6.32. The zero-order valence-corrected chi connectivity index (χ0v) is 14.5. The van der Waals surface area contributed by atoms with Crippen molar-refractivity contribution in [3.05, 3.63) is 71.2 Å². The number of nitrogens with zero attached hydrogens (tertiary/aromatic N) is 3. The number of aliphatic imine (C=N–C) groups is 1. The van der Waals surface area contributed by atoms with Gasteiger partial charge in [0.1, 0.15) is 12.1 Å². The summed E-state index contributed by atoms with van der Waals surface area (Å²) in [6.07, 6.45) is 2.46. The number of rotatable bonds is 4. The first-order chi connectivity index (χ1) is 12.6. The zero-order valence-electron chi connectivity index (χ0n) is 14.5. The number of benzene rings is 2. The standard InChI is InChI=1S/C20H18FN3O2/c1-13-12-14(6-7-17(13)21)20-22-19(23(2)26-20)16-4-3-5-18-15(16)8-9-24(18)10-11-25/h3-9,11-12,19H,10H2,1-2H3. The van der Waals surface area contributed by atoms with Crippen molar-refractivity contribution in [3.8, 4) is 0 Å². The minimum absolute atomic E-state index is 0.251. The first kappa shape index (κ1) is 16.5. The van der Waals surface area contributed by atoms with E-state index in [0.29, 0.717) is 18.0 Å². The van der Waals surface area contributed by atoms with Gasteiger partial charge in [0.15, 0.2) is 6.17 Å². The van der Waals surface area contributed by atoms with Crippen molar-refractivity contribution in [2.24, 2.45) is 4.99 Å². The third-order valence-electron chi connectivity index (χ3n) is 4.62. The van der Waals surface area contributed by atoms with Crippen LogP contribution in [0.2, 0.25) is 0 Å². The van der Waals surface area contributed by atoms with Crippen molar-refractivity contribution >= 4 is 23.1 Å². The normalized spacial score (nSPS) is 17.3. The van der Waals surface area contributed by atoms with E-state index >= 15 is 0 Å². The highest BCUT2D eigenvalue weighted by Gasteiger charge is 2.29. The molecule has 132 valence electrons. The van der Waals surface area contributed by atoms with Crippen LogP contribution < -0.4 is 0 Å². The number of hydrogen-bond acceptors (Lipinski definition) is 4. The molecule has 0 saturated carbocycles. The van der Waals surface area contributed by atoms with Crippen molar-refractivity contribution in [1.82, 2.24) is 9.63 Å². The Balaban J connectivity index is 1.75. The summed E-state index contributed by atoms with van der Waals surface area (Å²) in [4.78, 5) is 21.4. The number of aldehydes is 1. The number of carbonyl (C=O) groups excluding carboxylic acids is 1. The number of aryl methyl sites for hydroxylation is 1. The molecule has 0 fully saturated rings. The zero-order chi connectivity index (χ0) is 18.3. The largest absolute Gasteiger partial charge is 0.383 e. The summed E-state index contributed by atoms with van der Waals surface area (Å²) >= 11 is 0. The lowest BCUT2D eigenvalue weighted by molar-refractivity contribution is -0.108. The van der Waals surface area contributed by atoms with Gasteiger partial charge in [-0.25, -0.2) is 9.38 Å². The molecule has 1 aromatic heterocycles. The Labute approximate surface area is 150 Å². The molecule has 1 atom stereocenters. The van der Waals surface area contributed by atoms with Crippen LogP contribution in [0.15, 0.2) is 53.7 Å². The summed E-state index contributed by atoms with van der Waals surface area (Å²) in [6.45, 7) is 2.03. The molecule has 0 saturated heterocycles. The van der Waals surface area contributed by atoms with Gasteiger partial charge < -0.3 is 14.2 Å². The van der Waals surface area contributed by atoms with Gasteiger partial charge in [0.05, 0.1) is 6.54 Å². The van der Waals surface area contributed by atoms with Crippen LogP contribution in [0.5, 0.6) is 0 Å². The van der Waals surface area contributed by atoms with Crippen LogP contribution in [-0.2, 0) is 16.2 Å². The Morgan fingerprint density at radius 1 is 1.27 bits per heavy atom. The van der Waals surface area contributed by atoms with Crippen molar-refractivity contribution < 1.29 is 14.0 Å². The molecule has 1 aliphatic rings. The van der Waals surface area contributed by atoms with Gasteiger partial charge in [-0.3, -0.25) is 0 Å². The molecule has 2 aromatic carbocycles. The van der Waals surface area contributed by atoms with Gasteiger partial charge in [-0.15, -0.1) is 5.06 Å². The van der Waals surface area contributed by atoms with E-state index < -0.39 is 0 Å². The smallest absolute Gasteiger partial charge is 0.243 e. The summed E-state index contributed by atoms with van der Waals surface area (Å²) in [5.74, 6) is 0.212. The molecule has 4 rings (SSSR count). The topological polar surface area (TPSA) is 46.8 Å². The van der Waals surface area contributed by atoms with Gasteiger partial charge in [0.25, 0.3) is 0 Å². The fourth-order valence-electron chi connectivity index (χ4n) is 3.28. The minimum atomic E-state index is -0.314. The number of fused-ring (bicyclic) bond motifs is 1. The summed E-state index contributed by atoms with van der Waals surface area (Å²) in [5, 5.41) is 2.70. The average Bonchev–Trinajstić information content (AvgIpc) is 3.22. The molecule has 1 unspecified atom stereocenters. The maximum atomic E-state index is 13.5. The van der Waals surface area contributed by atoms with Crippen molar-refractivity contribution in [2.45, 2.75) is 19.6 Å². The lowest BCUT2D eigenvalue weighted by Gasteiger charge is -2.17. The predicted octanol–water partition coefficient (Wildman–Crippen LogP) is 3.61. The van der Waals surface area contributed by atoms with Gasteiger partial charge in [-0.1, -0.05) is 12.1 Å². The van der Waals surface area contributed by atoms with E-state index in [2.05, 4.69) is 0 Å². The van der Waals surface area contributed by atoms with Crippen LogP contribution in [0.3, 0.4) is 0 Å². The molecular weight excluding hydrogens is 333 g/mol. The van der Waals surface area contributed by atoms with E-state index in [1.54, 1.807) is 24.1 Å². The maximum Gasteiger partial charge on any atom is 0.243 e. The maximum absolute atomic E-state index is 13.5. The molecule has 0 N–H and O–H groups in total. The lowest BCUT2D eigenvalue weighted by atomic mass is 10.1. The second-order valence-corrected chi connectivity index (χ2v) is 6.32. The third-order valence-corrected chi connectivity index (χ3v) is 4.62. The number of aromatic nitrogens is 1. The highest BCUT2D eigenvalue weighted by molar-refractivity contribution is 5.95. The fraction of sp³-hybridized carbons (Fsp3) is 0.200. The van der Waals surface area contributed by atoms with Crippen LogP contribution in [-0.4, -0.2) is 28.9 Å². The number of carbonyl (C=O) groups is 1. The Morgan fingerprint density at radius 3 is 2.88 bits per heavy atom. The molecular formula is C20H18FN3O2. The van der Waals surface area contributed by atoms with Crippen LogP contribution in [0.25, 0.3) is 10.9 Å². The van der Waals surface area contributed by atoms with Crippen molar-refractivity contribution in [1.29, 1.82) is 0 Å². The van der Waals surface area contributed by atoms with Gasteiger partial charge >= 0.3 is 0 Å². The molecule has 5 nitrogen and oxygen atoms in total. The number of hydrogen-bond donors (Lipinski definition) is 0. The van der Waals surface area contributed by atoms with E-state index in [1.165, 1.54) is 6.07 Å². The van der Waals surface area contributed by atoms with Crippen molar-refractivity contribution in [3.63, 3.8) is 0 Å². The molecule has 0 bridgehead atoms. The summed E-state index contributed by atoms with van der Waals surface area (Å²) < 4.78 is 15.4. The highest BCUT2D eigenvalue weighted by Crippen LogP contribution is 2.33. The number of hydroxylamine groups is 2. The van der Waals surface area contributed by atoms with Gasteiger partial charge in [0.2, 0.25) is 5.90 Å². The van der Waals surface area contributed by atoms with E-state index in [-0.39, 0.29) is 12.0 Å². The monoisotopic (exact) mass is 351 g/mol. The Kier molecular flexibility index (Phi) is 4.05. The molecule has 2 heterocycles. The molecule has 0 spiro atoms. The van der Waals surface area contributed by atoms with E-state index in [0.717, 1.165) is 28.3 Å². The van der Waals surface area contributed by atoms with Gasteiger partial charge in [-0.05, 0) is 42.8 Å². The molecule has 0 amide bonds. The Morgan fingerprint density at radius 2 is 2.12 bits per heavy atom. The van der Waals surface area contributed by atoms with E-state index in [4.69, 9.17) is 9.83 Å². The van der Waals surface area contributed by atoms with Crippen LogP contribution in [0, 0.1) is 12.7 Å². The first-order valence-corrected chi connectivity index (χ1v) is 8.35. The molecule has 0 radical (unpaired) electrons. The fourth-order valence-corrected chi connectivity index (χ4v) is 3.28. The highest BCUT2D eigenvalue weighted by atomic mass is 19.1. The minimum Gasteiger partial charge on any atom is -0.383 e. The average molecular weight is 351 g/mol. The molecule has 6 heteroatoms. The first-order valence-electron chi connectivity index (χ1n) is 8.35. The SMILES string of the molecule is Cc1cc(C2=NC(c3cccc4c3ccn4CC=O)N(C)O2)ccc1F. The predicted molar refractivity (Wildman–Crippen MR) is 97.3 cm³/mol. The summed E-state index contributed by atoms with van der Waals surface area (Å²) in [7, 11) is 1.82. The van der Waals surface area contributed by atoms with Crippen LogP contribution >= 0.6 is 0 Å². The van der Waals surface area contributed by atoms with E-state index in [1.807, 2.05) is 42.1 Å². The Bertz CT molecular complexity index is 1030. The van der Waals surface area contributed by atoms with Gasteiger partial charge in [-0.2, -0.15) is 0 Å². The van der Waals surface area contributed by atoms with Crippen LogP contribution in [0.4, 0.5) is 4.39 Å². The quantitative estimate of drug-likeness (QED) is 0.675. The third kappa shape index (κ3) is 2.68. The van der Waals surface area contributed by atoms with Crippen LogP contribution in [0.1, 0.15) is 22.9 Å². The molecule has 1 aliphatic heterocycles. The van der Waals surface area contributed by atoms with E-state index in [9.17, 15) is 9.18 Å². The molecule has 26 heavy (non-hydrogen) atoms. The second kappa shape index (κ2) is 6.38. The number of halogens is 1.